The summed E-state index contributed by atoms with van der Waals surface area (Å²) in [6, 6.07) is 15.1. The Bertz CT molecular complexity index is 1090. The molecule has 4 aromatic rings. The second-order valence-electron chi connectivity index (χ2n) is 6.88. The van der Waals surface area contributed by atoms with E-state index in [0.29, 0.717) is 0 Å². The summed E-state index contributed by atoms with van der Waals surface area (Å²) in [4.78, 5) is 15.4. The van der Waals surface area contributed by atoms with Gasteiger partial charge in [0.1, 0.15) is 5.82 Å². The Morgan fingerprint density at radius 2 is 1.93 bits per heavy atom. The molecule has 1 aromatic carbocycles. The van der Waals surface area contributed by atoms with Crippen molar-refractivity contribution >= 4 is 22.7 Å². The molecule has 5 rings (SSSR count). The van der Waals surface area contributed by atoms with Gasteiger partial charge in [-0.2, -0.15) is 0 Å². The van der Waals surface area contributed by atoms with E-state index in [-0.39, 0.29) is 5.82 Å². The molecule has 6 heteroatoms. The second-order valence-corrected chi connectivity index (χ2v) is 8.99. The number of hydrogen-bond donors (Lipinski definition) is 0. The van der Waals surface area contributed by atoms with Crippen LogP contribution in [0.1, 0.15) is 16.1 Å². The highest BCUT2D eigenvalue weighted by Gasteiger charge is 2.19. The Kier molecular flexibility index (Phi) is 4.76. The van der Waals surface area contributed by atoms with E-state index in [1.165, 1.54) is 33.1 Å². The van der Waals surface area contributed by atoms with E-state index in [4.69, 9.17) is 4.98 Å². The van der Waals surface area contributed by atoms with Gasteiger partial charge in [0.05, 0.1) is 10.6 Å². The molecule has 1 aliphatic heterocycles. The molecule has 140 valence electrons. The van der Waals surface area contributed by atoms with Gasteiger partial charge >= 0.3 is 0 Å². The van der Waals surface area contributed by atoms with Crippen molar-refractivity contribution in [3.05, 3.63) is 82.1 Å². The molecule has 28 heavy (non-hydrogen) atoms. The van der Waals surface area contributed by atoms with Crippen LogP contribution in [0.5, 0.6) is 0 Å². The summed E-state index contributed by atoms with van der Waals surface area (Å²) in [5.74, 6) is 0.640. The molecule has 1 aliphatic rings. The summed E-state index contributed by atoms with van der Waals surface area (Å²) >= 11 is 3.45. The summed E-state index contributed by atoms with van der Waals surface area (Å²) in [6.07, 6.45) is 2.94. The molecule has 0 bridgehead atoms. The predicted octanol–water partition coefficient (Wildman–Crippen LogP) is 5.63. The lowest BCUT2D eigenvalue weighted by molar-refractivity contribution is 0.245. The van der Waals surface area contributed by atoms with Gasteiger partial charge in [-0.05, 0) is 41.3 Å². The molecule has 3 nitrogen and oxygen atoms in total. The number of rotatable bonds is 4. The van der Waals surface area contributed by atoms with Crippen LogP contribution in [0.15, 0.2) is 60.1 Å². The van der Waals surface area contributed by atoms with Gasteiger partial charge in [-0.1, -0.05) is 18.2 Å². The van der Waals surface area contributed by atoms with Crippen molar-refractivity contribution in [3.8, 4) is 21.1 Å². The summed E-state index contributed by atoms with van der Waals surface area (Å²) < 4.78 is 13.1. The monoisotopic (exact) mass is 407 g/mol. The van der Waals surface area contributed by atoms with Crippen LogP contribution in [0.2, 0.25) is 0 Å². The van der Waals surface area contributed by atoms with Gasteiger partial charge < -0.3 is 0 Å². The van der Waals surface area contributed by atoms with Crippen LogP contribution >= 0.6 is 22.7 Å². The van der Waals surface area contributed by atoms with Crippen molar-refractivity contribution in [2.24, 2.45) is 0 Å². The third-order valence-electron chi connectivity index (χ3n) is 4.92. The SMILES string of the molecule is Fc1ccc(-c2ccc(CN3CCc4nc(-c5cccs5)ncc4C3)s2)cc1. The Morgan fingerprint density at radius 1 is 1.04 bits per heavy atom. The van der Waals surface area contributed by atoms with Crippen molar-refractivity contribution in [3.63, 3.8) is 0 Å². The lowest BCUT2D eigenvalue weighted by atomic mass is 10.1. The van der Waals surface area contributed by atoms with Crippen LogP contribution in [-0.4, -0.2) is 21.4 Å². The topological polar surface area (TPSA) is 29.0 Å². The maximum absolute atomic E-state index is 13.1. The minimum Gasteiger partial charge on any atom is -0.293 e. The Balaban J connectivity index is 1.29. The van der Waals surface area contributed by atoms with Crippen molar-refractivity contribution in [2.45, 2.75) is 19.5 Å². The minimum absolute atomic E-state index is 0.197. The maximum Gasteiger partial charge on any atom is 0.169 e. The third kappa shape index (κ3) is 3.63. The van der Waals surface area contributed by atoms with E-state index < -0.39 is 0 Å². The average molecular weight is 408 g/mol. The Labute approximate surface area is 171 Å². The van der Waals surface area contributed by atoms with E-state index in [0.717, 1.165) is 42.3 Å². The standard InChI is InChI=1S/C22H18FN3S2/c23-17-5-3-15(4-6-17)20-8-7-18(28-20)14-26-10-9-19-16(13-26)12-24-22(25-19)21-2-1-11-27-21/h1-8,11-12H,9-10,13-14H2. The van der Waals surface area contributed by atoms with Gasteiger partial charge in [0.15, 0.2) is 5.82 Å². The average Bonchev–Trinajstić information content (AvgIpc) is 3.41. The summed E-state index contributed by atoms with van der Waals surface area (Å²) in [5, 5.41) is 2.06. The minimum atomic E-state index is -0.197. The molecule has 0 aliphatic carbocycles. The zero-order valence-electron chi connectivity index (χ0n) is 15.1. The Hall–Kier alpha value is -2.41. The number of benzene rings is 1. The zero-order valence-corrected chi connectivity index (χ0v) is 16.8. The van der Waals surface area contributed by atoms with Crippen molar-refractivity contribution in [1.82, 2.24) is 14.9 Å². The van der Waals surface area contributed by atoms with Gasteiger partial charge in [0.25, 0.3) is 0 Å². The lowest BCUT2D eigenvalue weighted by Crippen LogP contribution is -2.30. The number of aromatic nitrogens is 2. The van der Waals surface area contributed by atoms with E-state index >= 15 is 0 Å². The zero-order chi connectivity index (χ0) is 18.9. The van der Waals surface area contributed by atoms with Crippen molar-refractivity contribution in [2.75, 3.05) is 6.54 Å². The van der Waals surface area contributed by atoms with Crippen molar-refractivity contribution in [1.29, 1.82) is 0 Å². The summed E-state index contributed by atoms with van der Waals surface area (Å²) in [5.41, 5.74) is 3.46. The molecule has 4 heterocycles. The number of thiophene rings is 2. The molecule has 0 atom stereocenters. The summed E-state index contributed by atoms with van der Waals surface area (Å²) in [6.45, 7) is 2.79. The fourth-order valence-electron chi connectivity index (χ4n) is 3.49. The summed E-state index contributed by atoms with van der Waals surface area (Å²) in [7, 11) is 0. The van der Waals surface area contributed by atoms with Gasteiger partial charge in [0, 0.05) is 47.6 Å². The maximum atomic E-state index is 13.1. The van der Waals surface area contributed by atoms with Crippen LogP contribution in [0.25, 0.3) is 21.1 Å². The molecule has 3 aromatic heterocycles. The predicted molar refractivity (Wildman–Crippen MR) is 113 cm³/mol. The van der Waals surface area contributed by atoms with Crippen molar-refractivity contribution < 1.29 is 4.39 Å². The fourth-order valence-corrected chi connectivity index (χ4v) is 5.21. The second kappa shape index (κ2) is 7.54. The first kappa shape index (κ1) is 17.7. The Morgan fingerprint density at radius 3 is 2.75 bits per heavy atom. The van der Waals surface area contributed by atoms with Crippen LogP contribution < -0.4 is 0 Å². The molecule has 0 spiro atoms. The molecule has 0 saturated carbocycles. The quantitative estimate of drug-likeness (QED) is 0.439. The lowest BCUT2D eigenvalue weighted by Gasteiger charge is -2.27. The van der Waals surface area contributed by atoms with Gasteiger partial charge in [0.2, 0.25) is 0 Å². The van der Waals surface area contributed by atoms with Crippen LogP contribution in [0, 0.1) is 5.82 Å². The molecule has 0 radical (unpaired) electrons. The van der Waals surface area contributed by atoms with E-state index in [1.54, 1.807) is 22.7 Å². The van der Waals surface area contributed by atoms with Gasteiger partial charge in [-0.3, -0.25) is 4.90 Å². The van der Waals surface area contributed by atoms with E-state index in [9.17, 15) is 4.39 Å². The number of fused-ring (bicyclic) bond motifs is 1. The van der Waals surface area contributed by atoms with Crippen LogP contribution in [0.4, 0.5) is 4.39 Å². The number of nitrogens with zero attached hydrogens (tertiary/aromatic N) is 3. The number of hydrogen-bond acceptors (Lipinski definition) is 5. The molecule has 0 N–H and O–H groups in total. The first-order chi connectivity index (χ1) is 13.7. The molecule has 0 unspecified atom stereocenters. The van der Waals surface area contributed by atoms with E-state index in [2.05, 4.69) is 33.5 Å². The normalized spacial score (nSPS) is 14.2. The smallest absolute Gasteiger partial charge is 0.169 e. The fraction of sp³-hybridized carbons (Fsp3) is 0.182. The largest absolute Gasteiger partial charge is 0.293 e. The highest BCUT2D eigenvalue weighted by molar-refractivity contribution is 7.15. The number of halogens is 1. The highest BCUT2D eigenvalue weighted by Crippen LogP contribution is 2.30. The molecule has 0 fully saturated rings. The highest BCUT2D eigenvalue weighted by atomic mass is 32.1. The molecule has 0 saturated heterocycles. The molecular weight excluding hydrogens is 389 g/mol. The van der Waals surface area contributed by atoms with Crippen LogP contribution in [0.3, 0.4) is 0 Å². The molecular formula is C22H18FN3S2. The van der Waals surface area contributed by atoms with E-state index in [1.807, 2.05) is 24.4 Å². The first-order valence-electron chi connectivity index (χ1n) is 9.20. The van der Waals surface area contributed by atoms with Gasteiger partial charge in [-0.25, -0.2) is 14.4 Å². The first-order valence-corrected chi connectivity index (χ1v) is 10.9. The van der Waals surface area contributed by atoms with Gasteiger partial charge in [-0.15, -0.1) is 22.7 Å². The molecule has 0 amide bonds. The third-order valence-corrected chi connectivity index (χ3v) is 6.91. The van der Waals surface area contributed by atoms with Crippen LogP contribution in [-0.2, 0) is 19.5 Å².